The van der Waals surface area contributed by atoms with E-state index in [-0.39, 0.29) is 10.6 Å². The molecular weight excluding hydrogens is 258 g/mol. The van der Waals surface area contributed by atoms with Crippen LogP contribution in [-0.2, 0) is 0 Å². The van der Waals surface area contributed by atoms with Crippen molar-refractivity contribution in [3.05, 3.63) is 63.8 Å². The molecule has 0 bridgehead atoms. The third-order valence-corrected chi connectivity index (χ3v) is 3.76. The van der Waals surface area contributed by atoms with Gasteiger partial charge in [-0.15, -0.1) is 0 Å². The third kappa shape index (κ3) is 2.30. The van der Waals surface area contributed by atoms with Gasteiger partial charge in [-0.1, -0.05) is 35.6 Å². The molecular formula is C15H11NO2S. The van der Waals surface area contributed by atoms with Crippen LogP contribution in [0.1, 0.15) is 5.56 Å². The van der Waals surface area contributed by atoms with Gasteiger partial charge in [0.15, 0.2) is 0 Å². The summed E-state index contributed by atoms with van der Waals surface area (Å²) in [7, 11) is 0. The molecule has 4 heteroatoms. The van der Waals surface area contributed by atoms with Crippen LogP contribution in [0.4, 0.5) is 0 Å². The zero-order valence-corrected chi connectivity index (χ0v) is 10.8. The van der Waals surface area contributed by atoms with E-state index in [2.05, 4.69) is 0 Å². The van der Waals surface area contributed by atoms with Gasteiger partial charge in [0.2, 0.25) is 0 Å². The van der Waals surface area contributed by atoms with Crippen molar-refractivity contribution < 1.29 is 5.11 Å². The summed E-state index contributed by atoms with van der Waals surface area (Å²) >= 11 is 1.23. The largest absolute Gasteiger partial charge is 0.508 e. The number of thiazole rings is 1. The molecule has 0 aliphatic heterocycles. The van der Waals surface area contributed by atoms with Crippen molar-refractivity contribution in [1.82, 2.24) is 4.57 Å². The van der Waals surface area contributed by atoms with Gasteiger partial charge in [0, 0.05) is 6.20 Å². The van der Waals surface area contributed by atoms with Crippen LogP contribution >= 0.6 is 11.3 Å². The van der Waals surface area contributed by atoms with Crippen molar-refractivity contribution in [2.75, 3.05) is 0 Å². The molecule has 2 aromatic carbocycles. The predicted octanol–water partition coefficient (Wildman–Crippen LogP) is 3.40. The number of benzene rings is 2. The summed E-state index contributed by atoms with van der Waals surface area (Å²) in [6.45, 7) is 0. The van der Waals surface area contributed by atoms with E-state index < -0.39 is 0 Å². The predicted molar refractivity (Wildman–Crippen MR) is 79.4 cm³/mol. The van der Waals surface area contributed by atoms with Crippen LogP contribution in [0.5, 0.6) is 5.75 Å². The average molecular weight is 269 g/mol. The lowest BCUT2D eigenvalue weighted by Crippen LogP contribution is -2.05. The van der Waals surface area contributed by atoms with Gasteiger partial charge < -0.3 is 5.11 Å². The highest BCUT2D eigenvalue weighted by Crippen LogP contribution is 2.17. The lowest BCUT2D eigenvalue weighted by atomic mass is 10.2. The normalized spacial score (nSPS) is 11.4. The summed E-state index contributed by atoms with van der Waals surface area (Å²) in [4.78, 5) is 11.9. The standard InChI is InChI=1S/C15H11NO2S/c17-12-7-5-11(6-8-12)9-10-16-13-3-1-2-4-14(13)19-15(16)18/h1-10,17H. The van der Waals surface area contributed by atoms with Gasteiger partial charge in [-0.2, -0.15) is 0 Å². The van der Waals surface area contributed by atoms with Crippen molar-refractivity contribution in [3.63, 3.8) is 0 Å². The highest BCUT2D eigenvalue weighted by molar-refractivity contribution is 7.16. The van der Waals surface area contributed by atoms with Gasteiger partial charge >= 0.3 is 4.87 Å². The first-order chi connectivity index (χ1) is 9.24. The molecule has 0 fully saturated rings. The molecule has 0 saturated carbocycles. The maximum Gasteiger partial charge on any atom is 0.312 e. The molecule has 0 amide bonds. The highest BCUT2D eigenvalue weighted by Gasteiger charge is 2.03. The average Bonchev–Trinajstić information content (AvgIpc) is 2.74. The third-order valence-electron chi connectivity index (χ3n) is 2.83. The molecule has 0 unspecified atom stereocenters. The van der Waals surface area contributed by atoms with Crippen molar-refractivity contribution in [2.45, 2.75) is 0 Å². The number of aromatic nitrogens is 1. The number of hydrogen-bond acceptors (Lipinski definition) is 3. The summed E-state index contributed by atoms with van der Waals surface area (Å²) in [6, 6.07) is 14.5. The highest BCUT2D eigenvalue weighted by atomic mass is 32.1. The Morgan fingerprint density at radius 1 is 1.05 bits per heavy atom. The number of aromatic hydroxyl groups is 1. The van der Waals surface area contributed by atoms with Crippen LogP contribution in [0.2, 0.25) is 0 Å². The second kappa shape index (κ2) is 4.74. The van der Waals surface area contributed by atoms with E-state index in [9.17, 15) is 9.90 Å². The van der Waals surface area contributed by atoms with Crippen LogP contribution in [0.3, 0.4) is 0 Å². The fourth-order valence-electron chi connectivity index (χ4n) is 1.87. The summed E-state index contributed by atoms with van der Waals surface area (Å²) in [6.07, 6.45) is 3.60. The Labute approximate surface area is 113 Å². The Bertz CT molecular complexity index is 797. The van der Waals surface area contributed by atoms with E-state index in [0.29, 0.717) is 0 Å². The molecule has 3 nitrogen and oxygen atoms in total. The quantitative estimate of drug-likeness (QED) is 0.774. The van der Waals surface area contributed by atoms with Crippen LogP contribution < -0.4 is 4.87 Å². The first-order valence-electron chi connectivity index (χ1n) is 5.81. The van der Waals surface area contributed by atoms with Gasteiger partial charge in [0.25, 0.3) is 0 Å². The minimum atomic E-state index is -0.00349. The molecule has 19 heavy (non-hydrogen) atoms. The van der Waals surface area contributed by atoms with E-state index in [4.69, 9.17) is 0 Å². The molecule has 0 saturated heterocycles. The van der Waals surface area contributed by atoms with E-state index >= 15 is 0 Å². The zero-order valence-electron chi connectivity index (χ0n) is 9.98. The first-order valence-corrected chi connectivity index (χ1v) is 6.63. The SMILES string of the molecule is O=c1sc2ccccc2n1C=Cc1ccc(O)cc1. The number of phenolic OH excluding ortho intramolecular Hbond substituents is 1. The van der Waals surface area contributed by atoms with Crippen molar-refractivity contribution in [3.8, 4) is 5.75 Å². The zero-order chi connectivity index (χ0) is 13.2. The maximum absolute atomic E-state index is 11.9. The number of para-hydroxylation sites is 1. The molecule has 3 rings (SSSR count). The second-order valence-electron chi connectivity index (χ2n) is 4.11. The van der Waals surface area contributed by atoms with Crippen molar-refractivity contribution in [2.24, 2.45) is 0 Å². The van der Waals surface area contributed by atoms with Crippen LogP contribution in [0.15, 0.2) is 53.3 Å². The summed E-state index contributed by atoms with van der Waals surface area (Å²) < 4.78 is 2.61. The van der Waals surface area contributed by atoms with Gasteiger partial charge in [-0.05, 0) is 35.9 Å². The molecule has 0 aliphatic rings. The lowest BCUT2D eigenvalue weighted by molar-refractivity contribution is 0.475. The van der Waals surface area contributed by atoms with Crippen LogP contribution in [0, 0.1) is 0 Å². The molecule has 0 atom stereocenters. The van der Waals surface area contributed by atoms with E-state index in [0.717, 1.165) is 15.8 Å². The van der Waals surface area contributed by atoms with Crippen molar-refractivity contribution >= 4 is 33.8 Å². The molecule has 0 aliphatic carbocycles. The molecule has 1 heterocycles. The molecule has 3 aromatic rings. The summed E-state index contributed by atoms with van der Waals surface area (Å²) in [5.74, 6) is 0.232. The topological polar surface area (TPSA) is 42.2 Å². The summed E-state index contributed by atoms with van der Waals surface area (Å²) in [5, 5.41) is 9.22. The smallest absolute Gasteiger partial charge is 0.312 e. The molecule has 1 aromatic heterocycles. The van der Waals surface area contributed by atoms with Gasteiger partial charge in [0.05, 0.1) is 10.2 Å². The van der Waals surface area contributed by atoms with E-state index in [1.54, 1.807) is 35.0 Å². The number of phenols is 1. The Kier molecular flexibility index (Phi) is 2.93. The Morgan fingerprint density at radius 3 is 2.58 bits per heavy atom. The summed E-state index contributed by atoms with van der Waals surface area (Å²) in [5.41, 5.74) is 1.84. The molecule has 0 radical (unpaired) electrons. The number of fused-ring (bicyclic) bond motifs is 1. The van der Waals surface area contributed by atoms with E-state index in [1.165, 1.54) is 11.3 Å². The second-order valence-corrected chi connectivity index (χ2v) is 5.11. The van der Waals surface area contributed by atoms with Crippen LogP contribution in [-0.4, -0.2) is 9.67 Å². The fraction of sp³-hybridized carbons (Fsp3) is 0. The lowest BCUT2D eigenvalue weighted by Gasteiger charge is -1.96. The molecule has 94 valence electrons. The monoisotopic (exact) mass is 269 g/mol. The van der Waals surface area contributed by atoms with Gasteiger partial charge in [-0.25, -0.2) is 0 Å². The minimum Gasteiger partial charge on any atom is -0.508 e. The Hall–Kier alpha value is -2.33. The number of nitrogens with zero attached hydrogens (tertiary/aromatic N) is 1. The number of rotatable bonds is 2. The molecule has 1 N–H and O–H groups in total. The molecule has 0 spiro atoms. The van der Waals surface area contributed by atoms with E-state index in [1.807, 2.05) is 30.3 Å². The van der Waals surface area contributed by atoms with Gasteiger partial charge in [-0.3, -0.25) is 9.36 Å². The Balaban J connectivity index is 2.03. The van der Waals surface area contributed by atoms with Crippen LogP contribution in [0.25, 0.3) is 22.5 Å². The maximum atomic E-state index is 11.9. The fourth-order valence-corrected chi connectivity index (χ4v) is 2.73. The van der Waals surface area contributed by atoms with Gasteiger partial charge in [0.1, 0.15) is 5.75 Å². The minimum absolute atomic E-state index is 0.00349. The van der Waals surface area contributed by atoms with Crippen molar-refractivity contribution in [1.29, 1.82) is 0 Å². The number of hydrogen-bond donors (Lipinski definition) is 1. The Morgan fingerprint density at radius 2 is 1.79 bits per heavy atom. The first kappa shape index (κ1) is 11.7.